The Morgan fingerprint density at radius 3 is 2.24 bits per heavy atom. The molecule has 0 aliphatic heterocycles. The Labute approximate surface area is 147 Å². The van der Waals surface area contributed by atoms with Gasteiger partial charge in [0, 0.05) is 16.0 Å². The van der Waals surface area contributed by atoms with Crippen LogP contribution in [0.4, 0.5) is 0 Å². The summed E-state index contributed by atoms with van der Waals surface area (Å²) in [5.41, 5.74) is 6.19. The first kappa shape index (κ1) is 18.6. The Morgan fingerprint density at radius 1 is 1.29 bits per heavy atom. The van der Waals surface area contributed by atoms with E-state index in [-0.39, 0.29) is 5.92 Å². The van der Waals surface area contributed by atoms with E-state index >= 15 is 0 Å². The molecule has 1 rings (SSSR count). The summed E-state index contributed by atoms with van der Waals surface area (Å²) in [7, 11) is 0. The van der Waals surface area contributed by atoms with Gasteiger partial charge in [-0.15, -0.1) is 0 Å². The van der Waals surface area contributed by atoms with E-state index in [1.807, 2.05) is 13.8 Å². The number of aliphatic imine (C=N–C) groups is 1. The van der Waals surface area contributed by atoms with Gasteiger partial charge in [0.1, 0.15) is 0 Å². The van der Waals surface area contributed by atoms with Crippen LogP contribution in [0.2, 0.25) is 0 Å². The summed E-state index contributed by atoms with van der Waals surface area (Å²) in [6.07, 6.45) is -1.07. The number of benzene rings is 1. The van der Waals surface area contributed by atoms with Crippen molar-refractivity contribution in [2.75, 3.05) is 0 Å². The van der Waals surface area contributed by atoms with Crippen molar-refractivity contribution in [1.82, 2.24) is 5.32 Å². The number of rotatable bonds is 4. The van der Waals surface area contributed by atoms with Crippen LogP contribution in [0.3, 0.4) is 0 Å². The number of hydrogen-bond acceptors (Lipinski definition) is 2. The molecule has 116 valence electrons. The maximum absolute atomic E-state index is 12.2. The quantitative estimate of drug-likeness (QED) is 0.445. The third-order valence-electron chi connectivity index (χ3n) is 2.55. The second kappa shape index (κ2) is 7.68. The standard InChI is InChI=1S/C13H15BrCl3N3O/c1-7(2)10(18)19-12(13(15,16)17)20-11(21)8-3-5-9(14)6-4-8/h3-7,12H,1-2H3,(H2,18,19)(H,20,21). The van der Waals surface area contributed by atoms with Gasteiger partial charge in [0.25, 0.3) is 5.91 Å². The molecule has 3 N–H and O–H groups in total. The van der Waals surface area contributed by atoms with Crippen LogP contribution in [0.15, 0.2) is 33.7 Å². The van der Waals surface area contributed by atoms with Crippen LogP contribution in [0.5, 0.6) is 0 Å². The lowest BCUT2D eigenvalue weighted by molar-refractivity contribution is 0.0938. The number of amides is 1. The molecular formula is C13H15BrCl3N3O. The number of nitrogens with zero attached hydrogens (tertiary/aromatic N) is 1. The second-order valence-corrected chi connectivity index (χ2v) is 7.92. The largest absolute Gasteiger partial charge is 0.387 e. The smallest absolute Gasteiger partial charge is 0.253 e. The minimum absolute atomic E-state index is 0.0237. The Bertz CT molecular complexity index is 526. The van der Waals surface area contributed by atoms with Crippen LogP contribution < -0.4 is 11.1 Å². The van der Waals surface area contributed by atoms with Crippen LogP contribution in [-0.4, -0.2) is 21.7 Å². The maximum atomic E-state index is 12.2. The van der Waals surface area contributed by atoms with E-state index in [1.165, 1.54) is 0 Å². The molecule has 1 unspecified atom stereocenters. The first-order chi connectivity index (χ1) is 9.61. The highest BCUT2D eigenvalue weighted by atomic mass is 79.9. The third kappa shape index (κ3) is 6.02. The lowest BCUT2D eigenvalue weighted by Crippen LogP contribution is -2.44. The number of alkyl halides is 3. The average molecular weight is 416 g/mol. The van der Waals surface area contributed by atoms with Crippen LogP contribution in [0.1, 0.15) is 24.2 Å². The normalized spacial score (nSPS) is 14.1. The predicted octanol–water partition coefficient (Wildman–Crippen LogP) is 3.89. The van der Waals surface area contributed by atoms with E-state index in [0.717, 1.165) is 4.47 Å². The molecule has 0 saturated carbocycles. The van der Waals surface area contributed by atoms with E-state index in [1.54, 1.807) is 24.3 Å². The van der Waals surface area contributed by atoms with E-state index in [9.17, 15) is 4.79 Å². The highest BCUT2D eigenvalue weighted by molar-refractivity contribution is 9.10. The van der Waals surface area contributed by atoms with Crippen LogP contribution in [0.25, 0.3) is 0 Å². The van der Waals surface area contributed by atoms with E-state index < -0.39 is 15.9 Å². The lowest BCUT2D eigenvalue weighted by atomic mass is 10.2. The molecule has 0 aromatic heterocycles. The number of hydrogen-bond donors (Lipinski definition) is 2. The van der Waals surface area contributed by atoms with Crippen molar-refractivity contribution < 1.29 is 4.79 Å². The summed E-state index contributed by atoms with van der Waals surface area (Å²) in [5, 5.41) is 2.56. The number of halogens is 4. The van der Waals surface area contributed by atoms with Gasteiger partial charge in [-0.1, -0.05) is 64.6 Å². The molecule has 0 aliphatic carbocycles. The molecule has 1 aromatic carbocycles. The van der Waals surface area contributed by atoms with Crippen LogP contribution in [0, 0.1) is 5.92 Å². The van der Waals surface area contributed by atoms with Crippen molar-refractivity contribution in [2.24, 2.45) is 16.6 Å². The molecule has 1 atom stereocenters. The topological polar surface area (TPSA) is 67.5 Å². The van der Waals surface area contributed by atoms with Crippen molar-refractivity contribution in [3.8, 4) is 0 Å². The lowest BCUT2D eigenvalue weighted by Gasteiger charge is -2.23. The summed E-state index contributed by atoms with van der Waals surface area (Å²) in [6, 6.07) is 6.77. The van der Waals surface area contributed by atoms with Gasteiger partial charge >= 0.3 is 0 Å². The number of carbonyl (C=O) groups is 1. The Morgan fingerprint density at radius 2 is 1.81 bits per heavy atom. The molecule has 4 nitrogen and oxygen atoms in total. The molecule has 0 heterocycles. The molecular weight excluding hydrogens is 400 g/mol. The fourth-order valence-electron chi connectivity index (χ4n) is 1.29. The Kier molecular flexibility index (Phi) is 6.78. The molecule has 1 aromatic rings. The van der Waals surface area contributed by atoms with Crippen LogP contribution >= 0.6 is 50.7 Å². The SMILES string of the molecule is CC(C)/C(N)=N/C(NC(=O)c1ccc(Br)cc1)C(Cl)(Cl)Cl. The molecule has 0 spiro atoms. The molecule has 0 saturated heterocycles. The summed E-state index contributed by atoms with van der Waals surface area (Å²) in [5.74, 6) is -0.133. The van der Waals surface area contributed by atoms with Gasteiger partial charge in [0.05, 0.1) is 5.84 Å². The molecule has 1 amide bonds. The molecule has 8 heteroatoms. The summed E-state index contributed by atoms with van der Waals surface area (Å²) in [6.45, 7) is 3.70. The molecule has 0 radical (unpaired) electrons. The summed E-state index contributed by atoms with van der Waals surface area (Å²) in [4.78, 5) is 16.2. The van der Waals surface area contributed by atoms with Gasteiger partial charge in [0.2, 0.25) is 3.79 Å². The van der Waals surface area contributed by atoms with Crippen molar-refractivity contribution in [1.29, 1.82) is 0 Å². The van der Waals surface area contributed by atoms with Crippen LogP contribution in [-0.2, 0) is 0 Å². The molecule has 21 heavy (non-hydrogen) atoms. The van der Waals surface area contributed by atoms with Crippen molar-refractivity contribution in [2.45, 2.75) is 23.8 Å². The van der Waals surface area contributed by atoms with E-state index in [2.05, 4.69) is 26.2 Å². The van der Waals surface area contributed by atoms with Gasteiger partial charge in [0.15, 0.2) is 6.17 Å². The van der Waals surface area contributed by atoms with E-state index in [0.29, 0.717) is 11.4 Å². The zero-order chi connectivity index (χ0) is 16.2. The predicted molar refractivity (Wildman–Crippen MR) is 92.1 cm³/mol. The highest BCUT2D eigenvalue weighted by Gasteiger charge is 2.34. The monoisotopic (exact) mass is 413 g/mol. The highest BCUT2D eigenvalue weighted by Crippen LogP contribution is 2.31. The number of nitrogens with two attached hydrogens (primary N) is 1. The summed E-state index contributed by atoms with van der Waals surface area (Å²) < 4.78 is -0.941. The first-order valence-electron chi connectivity index (χ1n) is 6.07. The minimum Gasteiger partial charge on any atom is -0.387 e. The Hall–Kier alpha value is -0.490. The second-order valence-electron chi connectivity index (χ2n) is 4.63. The van der Waals surface area contributed by atoms with Gasteiger partial charge in [-0.05, 0) is 24.3 Å². The minimum atomic E-state index is -1.80. The maximum Gasteiger partial charge on any atom is 0.253 e. The van der Waals surface area contributed by atoms with Gasteiger partial charge in [-0.3, -0.25) is 4.79 Å². The van der Waals surface area contributed by atoms with E-state index in [4.69, 9.17) is 40.5 Å². The fourth-order valence-corrected chi connectivity index (χ4v) is 1.87. The van der Waals surface area contributed by atoms with Crippen molar-refractivity contribution in [3.05, 3.63) is 34.3 Å². The number of nitrogens with one attached hydrogen (secondary N) is 1. The third-order valence-corrected chi connectivity index (χ3v) is 3.70. The van der Waals surface area contributed by atoms with Gasteiger partial charge < -0.3 is 11.1 Å². The molecule has 0 aliphatic rings. The average Bonchev–Trinajstić information content (AvgIpc) is 2.37. The first-order valence-corrected chi connectivity index (χ1v) is 8.00. The van der Waals surface area contributed by atoms with Gasteiger partial charge in [-0.25, -0.2) is 4.99 Å². The molecule has 0 fully saturated rings. The zero-order valence-electron chi connectivity index (χ0n) is 11.4. The van der Waals surface area contributed by atoms with Crippen molar-refractivity contribution >= 4 is 62.5 Å². The summed E-state index contributed by atoms with van der Waals surface area (Å²) >= 11 is 20.8. The number of carbonyl (C=O) groups excluding carboxylic acids is 1. The fraction of sp³-hybridized carbons (Fsp3) is 0.385. The van der Waals surface area contributed by atoms with Gasteiger partial charge in [-0.2, -0.15) is 0 Å². The Balaban J connectivity index is 2.94. The zero-order valence-corrected chi connectivity index (χ0v) is 15.3. The molecule has 0 bridgehead atoms. The van der Waals surface area contributed by atoms with Crippen molar-refractivity contribution in [3.63, 3.8) is 0 Å². The number of amidine groups is 1.